The van der Waals surface area contributed by atoms with Gasteiger partial charge in [-0.15, -0.1) is 0 Å². The molecule has 160 valence electrons. The fourth-order valence-corrected chi connectivity index (χ4v) is 4.60. The average molecular weight is 431 g/mol. The van der Waals surface area contributed by atoms with E-state index in [2.05, 4.69) is 15.5 Å². The zero-order chi connectivity index (χ0) is 21.7. The van der Waals surface area contributed by atoms with Crippen molar-refractivity contribution in [2.24, 2.45) is 0 Å². The molecular formula is C21H26N4O4S. The van der Waals surface area contributed by atoms with Gasteiger partial charge in [0.05, 0.1) is 4.90 Å². The molecule has 1 aliphatic heterocycles. The van der Waals surface area contributed by atoms with Crippen LogP contribution in [-0.4, -0.2) is 62.7 Å². The summed E-state index contributed by atoms with van der Waals surface area (Å²) in [6, 6.07) is 13.2. The Morgan fingerprint density at radius 3 is 2.30 bits per heavy atom. The first kappa shape index (κ1) is 21.9. The molecule has 8 nitrogen and oxygen atoms in total. The summed E-state index contributed by atoms with van der Waals surface area (Å²) in [6.07, 6.45) is 0. The third kappa shape index (κ3) is 5.44. The highest BCUT2D eigenvalue weighted by Gasteiger charge is 2.27. The molecule has 3 rings (SSSR count). The fourth-order valence-electron chi connectivity index (χ4n) is 3.18. The quantitative estimate of drug-likeness (QED) is 0.724. The van der Waals surface area contributed by atoms with Gasteiger partial charge in [0.25, 0.3) is 5.91 Å². The first-order chi connectivity index (χ1) is 14.3. The van der Waals surface area contributed by atoms with Crippen LogP contribution in [0, 0.1) is 0 Å². The number of amides is 2. The number of carbonyl (C=O) groups is 2. The maximum atomic E-state index is 12.8. The summed E-state index contributed by atoms with van der Waals surface area (Å²) in [4.78, 5) is 25.9. The minimum atomic E-state index is -3.51. The molecule has 0 bridgehead atoms. The summed E-state index contributed by atoms with van der Waals surface area (Å²) in [5, 5.41) is 5.45. The SMILES string of the molecule is CC(=O)Nc1cccc(C(=O)NCc2ccc(S(=O)(=O)N3CCN(C)CC3)cc2)c1. The Hall–Kier alpha value is -2.75. The second-order valence-electron chi connectivity index (χ2n) is 7.30. The zero-order valence-corrected chi connectivity index (χ0v) is 17.9. The first-order valence-corrected chi connectivity index (χ1v) is 11.1. The molecule has 2 N–H and O–H groups in total. The molecular weight excluding hydrogens is 404 g/mol. The number of nitrogens with one attached hydrogen (secondary N) is 2. The number of benzene rings is 2. The van der Waals surface area contributed by atoms with Gasteiger partial charge < -0.3 is 15.5 Å². The first-order valence-electron chi connectivity index (χ1n) is 9.69. The Balaban J connectivity index is 1.61. The van der Waals surface area contributed by atoms with E-state index in [-0.39, 0.29) is 23.3 Å². The molecule has 0 aliphatic carbocycles. The van der Waals surface area contributed by atoms with Crippen molar-refractivity contribution in [1.82, 2.24) is 14.5 Å². The van der Waals surface area contributed by atoms with E-state index in [0.717, 1.165) is 5.56 Å². The van der Waals surface area contributed by atoms with Crippen molar-refractivity contribution in [3.05, 3.63) is 59.7 Å². The van der Waals surface area contributed by atoms with E-state index in [1.807, 2.05) is 7.05 Å². The molecule has 2 amide bonds. The van der Waals surface area contributed by atoms with Gasteiger partial charge in [0, 0.05) is 50.9 Å². The number of nitrogens with zero attached hydrogens (tertiary/aromatic N) is 2. The zero-order valence-electron chi connectivity index (χ0n) is 17.1. The molecule has 2 aromatic carbocycles. The monoisotopic (exact) mass is 430 g/mol. The van der Waals surface area contributed by atoms with E-state index in [1.165, 1.54) is 11.2 Å². The van der Waals surface area contributed by atoms with Crippen LogP contribution >= 0.6 is 0 Å². The Morgan fingerprint density at radius 2 is 1.67 bits per heavy atom. The summed E-state index contributed by atoms with van der Waals surface area (Å²) in [5.74, 6) is -0.490. The molecule has 0 radical (unpaired) electrons. The molecule has 30 heavy (non-hydrogen) atoms. The van der Waals surface area contributed by atoms with Gasteiger partial charge in [-0.25, -0.2) is 8.42 Å². The maximum Gasteiger partial charge on any atom is 0.251 e. The Bertz CT molecular complexity index is 1010. The van der Waals surface area contributed by atoms with E-state index in [1.54, 1.807) is 48.5 Å². The van der Waals surface area contributed by atoms with Crippen LogP contribution in [0.4, 0.5) is 5.69 Å². The predicted octanol–water partition coefficient (Wildman–Crippen LogP) is 1.51. The summed E-state index contributed by atoms with van der Waals surface area (Å²) in [5.41, 5.74) is 1.77. The molecule has 1 heterocycles. The molecule has 0 saturated carbocycles. The Labute approximate surface area is 176 Å². The van der Waals surface area contributed by atoms with Gasteiger partial charge in [-0.2, -0.15) is 4.31 Å². The number of rotatable bonds is 6. The highest BCUT2D eigenvalue weighted by Crippen LogP contribution is 2.18. The number of likely N-dealkylation sites (N-methyl/N-ethyl adjacent to an activating group) is 1. The maximum absolute atomic E-state index is 12.8. The van der Waals surface area contributed by atoms with Crippen molar-refractivity contribution in [3.8, 4) is 0 Å². The molecule has 1 saturated heterocycles. The molecule has 0 atom stereocenters. The van der Waals surface area contributed by atoms with Crippen LogP contribution in [0.1, 0.15) is 22.8 Å². The van der Waals surface area contributed by atoms with Gasteiger partial charge in [0.1, 0.15) is 0 Å². The number of hydrogen-bond acceptors (Lipinski definition) is 5. The average Bonchev–Trinajstić information content (AvgIpc) is 2.72. The van der Waals surface area contributed by atoms with Crippen LogP contribution in [0.2, 0.25) is 0 Å². The van der Waals surface area contributed by atoms with Gasteiger partial charge in [-0.1, -0.05) is 18.2 Å². The summed E-state index contributed by atoms with van der Waals surface area (Å²) in [6.45, 7) is 4.06. The van der Waals surface area contributed by atoms with Crippen molar-refractivity contribution in [2.75, 3.05) is 38.5 Å². The number of piperazine rings is 1. The van der Waals surface area contributed by atoms with E-state index in [9.17, 15) is 18.0 Å². The lowest BCUT2D eigenvalue weighted by Gasteiger charge is -2.31. The molecule has 0 aromatic heterocycles. The Morgan fingerprint density at radius 1 is 1.00 bits per heavy atom. The molecule has 0 spiro atoms. The number of anilines is 1. The van der Waals surface area contributed by atoms with Crippen molar-refractivity contribution < 1.29 is 18.0 Å². The number of carbonyl (C=O) groups excluding carboxylic acids is 2. The molecule has 1 fully saturated rings. The Kier molecular flexibility index (Phi) is 6.86. The van der Waals surface area contributed by atoms with Crippen LogP contribution < -0.4 is 10.6 Å². The van der Waals surface area contributed by atoms with Crippen LogP contribution in [0.5, 0.6) is 0 Å². The lowest BCUT2D eigenvalue weighted by atomic mass is 10.1. The third-order valence-electron chi connectivity index (χ3n) is 4.92. The van der Waals surface area contributed by atoms with Crippen LogP contribution in [-0.2, 0) is 21.4 Å². The second kappa shape index (κ2) is 9.38. The smallest absolute Gasteiger partial charge is 0.251 e. The lowest BCUT2D eigenvalue weighted by molar-refractivity contribution is -0.114. The van der Waals surface area contributed by atoms with Gasteiger partial charge in [0.15, 0.2) is 0 Å². The van der Waals surface area contributed by atoms with Crippen molar-refractivity contribution >= 4 is 27.5 Å². The highest BCUT2D eigenvalue weighted by molar-refractivity contribution is 7.89. The summed E-state index contributed by atoms with van der Waals surface area (Å²) < 4.78 is 27.1. The van der Waals surface area contributed by atoms with E-state index in [0.29, 0.717) is 37.4 Å². The number of hydrogen-bond donors (Lipinski definition) is 2. The largest absolute Gasteiger partial charge is 0.348 e. The number of sulfonamides is 1. The fraction of sp³-hybridized carbons (Fsp3) is 0.333. The van der Waals surface area contributed by atoms with Gasteiger partial charge in [0.2, 0.25) is 15.9 Å². The topological polar surface area (TPSA) is 98.8 Å². The van der Waals surface area contributed by atoms with E-state index >= 15 is 0 Å². The van der Waals surface area contributed by atoms with Crippen LogP contribution in [0.3, 0.4) is 0 Å². The van der Waals surface area contributed by atoms with Crippen molar-refractivity contribution in [3.63, 3.8) is 0 Å². The minimum absolute atomic E-state index is 0.209. The van der Waals surface area contributed by atoms with Gasteiger partial charge in [-0.3, -0.25) is 9.59 Å². The summed E-state index contributed by atoms with van der Waals surface area (Å²) >= 11 is 0. The molecule has 9 heteroatoms. The lowest BCUT2D eigenvalue weighted by Crippen LogP contribution is -2.47. The molecule has 1 aliphatic rings. The van der Waals surface area contributed by atoms with Crippen molar-refractivity contribution in [2.45, 2.75) is 18.4 Å². The minimum Gasteiger partial charge on any atom is -0.348 e. The third-order valence-corrected chi connectivity index (χ3v) is 6.83. The van der Waals surface area contributed by atoms with Crippen LogP contribution in [0.15, 0.2) is 53.4 Å². The van der Waals surface area contributed by atoms with Crippen molar-refractivity contribution in [1.29, 1.82) is 0 Å². The predicted molar refractivity (Wildman–Crippen MR) is 115 cm³/mol. The van der Waals surface area contributed by atoms with Gasteiger partial charge >= 0.3 is 0 Å². The van der Waals surface area contributed by atoms with E-state index < -0.39 is 10.0 Å². The second-order valence-corrected chi connectivity index (χ2v) is 9.23. The summed E-state index contributed by atoms with van der Waals surface area (Å²) in [7, 11) is -1.53. The normalized spacial score (nSPS) is 15.5. The van der Waals surface area contributed by atoms with Crippen LogP contribution in [0.25, 0.3) is 0 Å². The highest BCUT2D eigenvalue weighted by atomic mass is 32.2. The molecule has 0 unspecified atom stereocenters. The van der Waals surface area contributed by atoms with Gasteiger partial charge in [-0.05, 0) is 42.9 Å². The van der Waals surface area contributed by atoms with E-state index in [4.69, 9.17) is 0 Å². The molecule has 2 aromatic rings. The standard InChI is InChI=1S/C21H26N4O4S/c1-16(26)23-19-5-3-4-18(14-19)21(27)22-15-17-6-8-20(9-7-17)30(28,29)25-12-10-24(2)11-13-25/h3-9,14H,10-13,15H2,1-2H3,(H,22,27)(H,23,26).